The first-order valence-corrected chi connectivity index (χ1v) is 7.91. The van der Waals surface area contributed by atoms with E-state index in [1.54, 1.807) is 29.2 Å². The first-order chi connectivity index (χ1) is 11.1. The molecule has 0 bridgehead atoms. The summed E-state index contributed by atoms with van der Waals surface area (Å²) >= 11 is 5.84. The van der Waals surface area contributed by atoms with E-state index in [2.05, 4.69) is 5.32 Å². The molecule has 1 heterocycles. The molecule has 1 aliphatic heterocycles. The number of carbonyl (C=O) groups excluding carboxylic acids is 2. The predicted octanol–water partition coefficient (Wildman–Crippen LogP) is 3.25. The second-order valence-corrected chi connectivity index (χ2v) is 5.94. The first kappa shape index (κ1) is 15.6. The summed E-state index contributed by atoms with van der Waals surface area (Å²) in [5.74, 6) is -0.194. The van der Waals surface area contributed by atoms with Crippen molar-refractivity contribution in [2.24, 2.45) is 0 Å². The second-order valence-electron chi connectivity index (χ2n) is 5.50. The summed E-state index contributed by atoms with van der Waals surface area (Å²) in [7, 11) is 0. The van der Waals surface area contributed by atoms with Crippen LogP contribution in [0.3, 0.4) is 0 Å². The second kappa shape index (κ2) is 6.42. The zero-order chi connectivity index (χ0) is 16.4. The number of rotatable bonds is 4. The summed E-state index contributed by atoms with van der Waals surface area (Å²) in [6, 6.07) is 12.6. The smallest absolute Gasteiger partial charge is 0.254 e. The zero-order valence-electron chi connectivity index (χ0n) is 12.8. The number of amides is 2. The highest BCUT2D eigenvalue weighted by Crippen LogP contribution is 2.23. The van der Waals surface area contributed by atoms with E-state index in [-0.39, 0.29) is 11.8 Å². The molecule has 0 aromatic heterocycles. The van der Waals surface area contributed by atoms with E-state index in [1.165, 1.54) is 0 Å². The van der Waals surface area contributed by atoms with E-state index < -0.39 is 0 Å². The molecule has 2 aromatic rings. The molecule has 4 nitrogen and oxygen atoms in total. The summed E-state index contributed by atoms with van der Waals surface area (Å²) in [5.41, 5.74) is 3.08. The Bertz CT molecular complexity index is 756. The van der Waals surface area contributed by atoms with Crippen molar-refractivity contribution in [3.63, 3.8) is 0 Å². The van der Waals surface area contributed by atoms with Gasteiger partial charge in [-0.05, 0) is 42.3 Å². The fourth-order valence-electron chi connectivity index (χ4n) is 2.64. The monoisotopic (exact) mass is 328 g/mol. The van der Waals surface area contributed by atoms with Crippen LogP contribution in [0.25, 0.3) is 0 Å². The van der Waals surface area contributed by atoms with Gasteiger partial charge in [0.2, 0.25) is 0 Å². The van der Waals surface area contributed by atoms with Crippen molar-refractivity contribution < 1.29 is 9.59 Å². The Morgan fingerprint density at radius 2 is 1.96 bits per heavy atom. The number of hydrogen-bond donors (Lipinski definition) is 1. The molecule has 2 aromatic carbocycles. The van der Waals surface area contributed by atoms with Crippen molar-refractivity contribution in [3.05, 3.63) is 69.7 Å². The van der Waals surface area contributed by atoms with Crippen LogP contribution in [-0.4, -0.2) is 23.3 Å². The van der Waals surface area contributed by atoms with Crippen molar-refractivity contribution >= 4 is 23.4 Å². The third kappa shape index (κ3) is 3.22. The molecular formula is C18H17ClN2O2. The molecule has 3 rings (SSSR count). The highest BCUT2D eigenvalue weighted by Gasteiger charge is 2.26. The third-order valence-corrected chi connectivity index (χ3v) is 4.25. The molecule has 1 aliphatic rings. The number of halogens is 1. The Hall–Kier alpha value is -2.33. The molecule has 0 saturated heterocycles. The Morgan fingerprint density at radius 1 is 1.22 bits per heavy atom. The van der Waals surface area contributed by atoms with Crippen LogP contribution in [0.4, 0.5) is 0 Å². The summed E-state index contributed by atoms with van der Waals surface area (Å²) < 4.78 is 0. The largest absolute Gasteiger partial charge is 0.348 e. The molecule has 5 heteroatoms. The van der Waals surface area contributed by atoms with Crippen LogP contribution in [0.15, 0.2) is 42.5 Å². The number of nitrogens with zero attached hydrogens (tertiary/aromatic N) is 1. The van der Waals surface area contributed by atoms with E-state index in [4.69, 9.17) is 11.6 Å². The van der Waals surface area contributed by atoms with Gasteiger partial charge in [-0.25, -0.2) is 0 Å². The molecule has 118 valence electrons. The van der Waals surface area contributed by atoms with Crippen LogP contribution in [-0.2, 0) is 13.1 Å². The number of carbonyl (C=O) groups is 2. The van der Waals surface area contributed by atoms with Crippen molar-refractivity contribution in [2.45, 2.75) is 20.0 Å². The Balaban J connectivity index is 1.70. The van der Waals surface area contributed by atoms with Gasteiger partial charge in [0.1, 0.15) is 0 Å². The molecule has 2 amide bonds. The highest BCUT2D eigenvalue weighted by molar-refractivity contribution is 6.30. The molecule has 0 saturated carbocycles. The van der Waals surface area contributed by atoms with E-state index in [0.29, 0.717) is 35.8 Å². The van der Waals surface area contributed by atoms with Gasteiger partial charge in [0.25, 0.3) is 11.8 Å². The van der Waals surface area contributed by atoms with Crippen molar-refractivity contribution in [3.8, 4) is 0 Å². The summed E-state index contributed by atoms with van der Waals surface area (Å²) in [4.78, 5) is 26.2. The lowest BCUT2D eigenvalue weighted by Crippen LogP contribution is -2.24. The summed E-state index contributed by atoms with van der Waals surface area (Å²) in [6.07, 6.45) is 0. The zero-order valence-corrected chi connectivity index (χ0v) is 13.6. The molecule has 1 N–H and O–H groups in total. The molecule has 0 aliphatic carbocycles. The molecule has 0 unspecified atom stereocenters. The Morgan fingerprint density at radius 3 is 2.65 bits per heavy atom. The summed E-state index contributed by atoms with van der Waals surface area (Å²) in [5, 5.41) is 3.52. The highest BCUT2D eigenvalue weighted by atomic mass is 35.5. The van der Waals surface area contributed by atoms with Gasteiger partial charge in [-0.3, -0.25) is 9.59 Å². The number of hydrogen-bond acceptors (Lipinski definition) is 2. The van der Waals surface area contributed by atoms with Gasteiger partial charge in [0.15, 0.2) is 0 Å². The maximum Gasteiger partial charge on any atom is 0.254 e. The van der Waals surface area contributed by atoms with Gasteiger partial charge in [0, 0.05) is 35.8 Å². The van der Waals surface area contributed by atoms with E-state index in [1.807, 2.05) is 25.1 Å². The van der Waals surface area contributed by atoms with Crippen molar-refractivity contribution in [1.82, 2.24) is 10.2 Å². The minimum atomic E-state index is -0.189. The Kier molecular flexibility index (Phi) is 4.35. The number of benzene rings is 2. The fourth-order valence-corrected chi connectivity index (χ4v) is 2.77. The van der Waals surface area contributed by atoms with Crippen LogP contribution in [0.2, 0.25) is 5.02 Å². The van der Waals surface area contributed by atoms with Crippen LogP contribution < -0.4 is 5.32 Å². The average molecular weight is 329 g/mol. The van der Waals surface area contributed by atoms with Crippen LogP contribution in [0.5, 0.6) is 0 Å². The minimum Gasteiger partial charge on any atom is -0.348 e. The van der Waals surface area contributed by atoms with Gasteiger partial charge in [-0.15, -0.1) is 0 Å². The predicted molar refractivity (Wildman–Crippen MR) is 89.5 cm³/mol. The maximum absolute atomic E-state index is 12.3. The molecule has 0 radical (unpaired) electrons. The first-order valence-electron chi connectivity index (χ1n) is 7.53. The van der Waals surface area contributed by atoms with Gasteiger partial charge in [0.05, 0.1) is 0 Å². The minimum absolute atomic E-state index is 0.00477. The van der Waals surface area contributed by atoms with Crippen molar-refractivity contribution in [2.75, 3.05) is 6.54 Å². The normalized spacial score (nSPS) is 13.1. The molecule has 0 atom stereocenters. The lowest BCUT2D eigenvalue weighted by molar-refractivity contribution is 0.0787. The topological polar surface area (TPSA) is 49.4 Å². The van der Waals surface area contributed by atoms with Crippen molar-refractivity contribution in [1.29, 1.82) is 0 Å². The standard InChI is InChI=1S/C18H17ClN2O2/c1-2-21-11-14-6-5-13(9-16(14)18(21)23)17(22)20-10-12-3-7-15(19)8-4-12/h3-9H,2,10-11H2,1H3,(H,20,22). The van der Waals surface area contributed by atoms with Gasteiger partial charge >= 0.3 is 0 Å². The lowest BCUT2D eigenvalue weighted by Gasteiger charge is -2.10. The van der Waals surface area contributed by atoms with E-state index in [0.717, 1.165) is 11.1 Å². The molecule has 0 spiro atoms. The maximum atomic E-state index is 12.3. The average Bonchev–Trinajstić information content (AvgIpc) is 2.89. The fraction of sp³-hybridized carbons (Fsp3) is 0.222. The molecular weight excluding hydrogens is 312 g/mol. The van der Waals surface area contributed by atoms with Crippen LogP contribution >= 0.6 is 11.6 Å². The van der Waals surface area contributed by atoms with Crippen LogP contribution in [0.1, 0.15) is 38.8 Å². The van der Waals surface area contributed by atoms with E-state index in [9.17, 15) is 9.59 Å². The quantitative estimate of drug-likeness (QED) is 0.936. The lowest BCUT2D eigenvalue weighted by atomic mass is 10.1. The Labute approximate surface area is 140 Å². The number of fused-ring (bicyclic) bond motifs is 1. The molecule has 0 fully saturated rings. The van der Waals surface area contributed by atoms with E-state index >= 15 is 0 Å². The van der Waals surface area contributed by atoms with Crippen LogP contribution in [0, 0.1) is 0 Å². The third-order valence-electron chi connectivity index (χ3n) is 4.00. The molecule has 23 heavy (non-hydrogen) atoms. The number of nitrogens with one attached hydrogen (secondary N) is 1. The SMILES string of the molecule is CCN1Cc2ccc(C(=O)NCc3ccc(Cl)cc3)cc2C1=O. The van der Waals surface area contributed by atoms with Gasteiger partial charge < -0.3 is 10.2 Å². The van der Waals surface area contributed by atoms with Gasteiger partial charge in [-0.2, -0.15) is 0 Å². The van der Waals surface area contributed by atoms with Gasteiger partial charge in [-0.1, -0.05) is 29.8 Å². The summed E-state index contributed by atoms with van der Waals surface area (Å²) in [6.45, 7) is 3.66.